The number of rotatable bonds is 7. The van der Waals surface area contributed by atoms with Crippen LogP contribution in [0.5, 0.6) is 0 Å². The van der Waals surface area contributed by atoms with E-state index in [1.54, 1.807) is 0 Å². The van der Waals surface area contributed by atoms with Crippen LogP contribution < -0.4 is 5.32 Å². The average molecular weight is 539 g/mol. The number of benzene rings is 1. The Morgan fingerprint density at radius 3 is 2.38 bits per heavy atom. The van der Waals surface area contributed by atoms with E-state index in [1.165, 1.54) is 37.5 Å². The molecule has 1 aromatic carbocycles. The molecule has 37 heavy (non-hydrogen) atoms. The van der Waals surface area contributed by atoms with Crippen LogP contribution in [-0.4, -0.2) is 45.3 Å². The maximum absolute atomic E-state index is 13.8. The predicted octanol–water partition coefficient (Wildman–Crippen LogP) is 4.82. The van der Waals surface area contributed by atoms with Crippen LogP contribution in [0.2, 0.25) is 0 Å². The predicted molar refractivity (Wildman–Crippen MR) is 123 cm³/mol. The lowest BCUT2D eigenvalue weighted by molar-refractivity contribution is -0.137. The van der Waals surface area contributed by atoms with Crippen LogP contribution in [0.3, 0.4) is 0 Å². The van der Waals surface area contributed by atoms with E-state index in [9.17, 15) is 31.5 Å². The summed E-state index contributed by atoms with van der Waals surface area (Å²) < 4.78 is 67.5. The third-order valence-corrected chi connectivity index (χ3v) is 6.08. The van der Waals surface area contributed by atoms with Crippen LogP contribution in [0.1, 0.15) is 56.7 Å². The fraction of sp³-hybridized carbons (Fsp3) is 0.304. The number of nitrogens with zero attached hydrogens (tertiary/aromatic N) is 5. The molecule has 2 heterocycles. The first-order valence-electron chi connectivity index (χ1n) is 10.5. The zero-order valence-electron chi connectivity index (χ0n) is 19.6. The van der Waals surface area contributed by atoms with Crippen molar-refractivity contribution in [2.75, 3.05) is 13.6 Å². The van der Waals surface area contributed by atoms with Gasteiger partial charge in [0.25, 0.3) is 17.7 Å². The molecule has 0 aliphatic heterocycles. The van der Waals surface area contributed by atoms with E-state index in [0.29, 0.717) is 25.1 Å². The van der Waals surface area contributed by atoms with Gasteiger partial charge in [-0.3, -0.25) is 19.6 Å². The van der Waals surface area contributed by atoms with Gasteiger partial charge in [-0.05, 0) is 25.1 Å². The number of halogens is 5. The molecule has 1 N–H and O–H groups in total. The fourth-order valence-electron chi connectivity index (χ4n) is 3.20. The van der Waals surface area contributed by atoms with Crippen molar-refractivity contribution in [3.05, 3.63) is 64.1 Å². The van der Waals surface area contributed by atoms with Gasteiger partial charge in [-0.15, -0.1) is 11.3 Å². The van der Waals surface area contributed by atoms with Gasteiger partial charge < -0.3 is 10.2 Å². The number of carbonyl (C=O) groups is 2. The average Bonchev–Trinajstić information content (AvgIpc) is 3.32. The summed E-state index contributed by atoms with van der Waals surface area (Å²) >= 11 is 0.969. The number of nitriles is 1. The van der Waals surface area contributed by atoms with E-state index in [1.807, 2.05) is 6.07 Å². The van der Waals surface area contributed by atoms with Crippen molar-refractivity contribution < 1.29 is 31.5 Å². The Morgan fingerprint density at radius 1 is 1.11 bits per heavy atom. The highest BCUT2D eigenvalue weighted by Gasteiger charge is 2.35. The standard InChI is InChI=1S/C23H19F5N6O2S/c1-12(33-19(35)13-8-14(22(2,24)25)10-15(9-13)23(26,27)28)17-18(31-6-5-30-17)20-32-11-16(37-20)21(36)34(3)7-4-29/h5-6,8-12H,7H2,1-3H3,(H,33,35). The van der Waals surface area contributed by atoms with E-state index in [4.69, 9.17) is 5.26 Å². The fourth-order valence-corrected chi connectivity index (χ4v) is 4.12. The monoisotopic (exact) mass is 538 g/mol. The van der Waals surface area contributed by atoms with Crippen molar-refractivity contribution in [2.24, 2.45) is 0 Å². The van der Waals surface area contributed by atoms with Gasteiger partial charge in [0, 0.05) is 37.5 Å². The summed E-state index contributed by atoms with van der Waals surface area (Å²) in [6, 6.07) is 2.42. The molecule has 194 valence electrons. The maximum atomic E-state index is 13.8. The second-order valence-electron chi connectivity index (χ2n) is 8.02. The summed E-state index contributed by atoms with van der Waals surface area (Å²) in [5.41, 5.74) is -2.56. The molecule has 0 saturated carbocycles. The van der Waals surface area contributed by atoms with Crippen molar-refractivity contribution in [1.82, 2.24) is 25.2 Å². The highest BCUT2D eigenvalue weighted by molar-refractivity contribution is 7.16. The van der Waals surface area contributed by atoms with Crippen LogP contribution >= 0.6 is 11.3 Å². The zero-order chi connectivity index (χ0) is 27.5. The largest absolute Gasteiger partial charge is 0.416 e. The first kappa shape index (κ1) is 27.6. The summed E-state index contributed by atoms with van der Waals surface area (Å²) in [6.45, 7) is 1.78. The minimum atomic E-state index is -4.94. The van der Waals surface area contributed by atoms with E-state index < -0.39 is 46.6 Å². The number of aromatic nitrogens is 3. The Labute approximate surface area is 211 Å². The maximum Gasteiger partial charge on any atom is 0.416 e. The molecule has 0 radical (unpaired) electrons. The molecule has 1 atom stereocenters. The Bertz CT molecular complexity index is 1330. The quantitative estimate of drug-likeness (QED) is 0.341. The minimum Gasteiger partial charge on any atom is -0.344 e. The number of hydrogen-bond acceptors (Lipinski definition) is 7. The molecular formula is C23H19F5N6O2S. The summed E-state index contributed by atoms with van der Waals surface area (Å²) in [5.74, 6) is -5.08. The Kier molecular flexibility index (Phi) is 7.87. The number of hydrogen-bond donors (Lipinski definition) is 1. The van der Waals surface area contributed by atoms with Gasteiger partial charge in [0.2, 0.25) is 0 Å². The Balaban J connectivity index is 1.91. The third kappa shape index (κ3) is 6.42. The molecule has 2 amide bonds. The lowest BCUT2D eigenvalue weighted by atomic mass is 10.0. The van der Waals surface area contributed by atoms with E-state index >= 15 is 0 Å². The summed E-state index contributed by atoms with van der Waals surface area (Å²) in [6.07, 6.45) is -0.976. The van der Waals surface area contributed by atoms with Crippen molar-refractivity contribution in [3.8, 4) is 16.8 Å². The third-order valence-electron chi connectivity index (χ3n) is 5.09. The molecule has 3 rings (SSSR count). The van der Waals surface area contributed by atoms with Crippen LogP contribution in [0.4, 0.5) is 22.0 Å². The summed E-state index contributed by atoms with van der Waals surface area (Å²) in [5, 5.41) is 11.5. The molecule has 1 unspecified atom stereocenters. The first-order valence-corrected chi connectivity index (χ1v) is 11.3. The van der Waals surface area contributed by atoms with Gasteiger partial charge in [-0.25, -0.2) is 13.8 Å². The van der Waals surface area contributed by atoms with Crippen molar-refractivity contribution in [3.63, 3.8) is 0 Å². The molecule has 3 aromatic rings. The second kappa shape index (κ2) is 10.6. The molecule has 2 aromatic heterocycles. The molecule has 14 heteroatoms. The van der Waals surface area contributed by atoms with Gasteiger partial charge in [0.1, 0.15) is 22.1 Å². The Hall–Kier alpha value is -3.99. The van der Waals surface area contributed by atoms with Gasteiger partial charge in [-0.2, -0.15) is 18.4 Å². The molecule has 0 fully saturated rings. The van der Waals surface area contributed by atoms with E-state index in [0.717, 1.165) is 11.3 Å². The molecule has 0 aliphatic carbocycles. The topological polar surface area (TPSA) is 112 Å². The van der Waals surface area contributed by atoms with Gasteiger partial charge >= 0.3 is 6.18 Å². The summed E-state index contributed by atoms with van der Waals surface area (Å²) in [4.78, 5) is 39.2. The molecular weight excluding hydrogens is 519 g/mol. The van der Waals surface area contributed by atoms with Gasteiger partial charge in [0.05, 0.1) is 29.6 Å². The number of amides is 2. The van der Waals surface area contributed by atoms with E-state index in [-0.39, 0.29) is 27.8 Å². The highest BCUT2D eigenvalue weighted by atomic mass is 32.1. The summed E-state index contributed by atoms with van der Waals surface area (Å²) in [7, 11) is 1.45. The number of alkyl halides is 5. The minimum absolute atomic E-state index is 0.132. The number of carbonyl (C=O) groups excluding carboxylic acids is 2. The SMILES string of the molecule is CC(NC(=O)c1cc(C(C)(F)F)cc(C(F)(F)F)c1)c1nccnc1-c1ncc(C(=O)N(C)CC#N)s1. The normalized spacial score (nSPS) is 12.5. The van der Waals surface area contributed by atoms with Gasteiger partial charge in [-0.1, -0.05) is 0 Å². The van der Waals surface area contributed by atoms with E-state index in [2.05, 4.69) is 20.3 Å². The van der Waals surface area contributed by atoms with Crippen LogP contribution in [0, 0.1) is 11.3 Å². The van der Waals surface area contributed by atoms with Crippen LogP contribution in [0.15, 0.2) is 36.8 Å². The molecule has 8 nitrogen and oxygen atoms in total. The molecule has 0 spiro atoms. The number of nitrogens with one attached hydrogen (secondary N) is 1. The lowest BCUT2D eigenvalue weighted by Gasteiger charge is -2.18. The second-order valence-corrected chi connectivity index (χ2v) is 9.05. The molecule has 0 saturated heterocycles. The van der Waals surface area contributed by atoms with Crippen molar-refractivity contribution >= 4 is 23.2 Å². The molecule has 0 bridgehead atoms. The molecule has 0 aliphatic rings. The van der Waals surface area contributed by atoms with Crippen molar-refractivity contribution in [2.45, 2.75) is 32.0 Å². The highest BCUT2D eigenvalue weighted by Crippen LogP contribution is 2.36. The first-order chi connectivity index (χ1) is 17.2. The van der Waals surface area contributed by atoms with Gasteiger partial charge in [0.15, 0.2) is 0 Å². The number of thiazole rings is 1. The smallest absolute Gasteiger partial charge is 0.344 e. The van der Waals surface area contributed by atoms with Crippen LogP contribution in [0.25, 0.3) is 10.7 Å². The lowest BCUT2D eigenvalue weighted by Crippen LogP contribution is -2.28. The van der Waals surface area contributed by atoms with Crippen LogP contribution in [-0.2, 0) is 12.1 Å². The van der Waals surface area contributed by atoms with Crippen molar-refractivity contribution in [1.29, 1.82) is 5.26 Å². The Morgan fingerprint density at radius 2 is 1.76 bits per heavy atom. The zero-order valence-corrected chi connectivity index (χ0v) is 20.4.